The van der Waals surface area contributed by atoms with E-state index in [9.17, 15) is 4.79 Å². The zero-order valence-corrected chi connectivity index (χ0v) is 13.6. The maximum atomic E-state index is 12.5. The van der Waals surface area contributed by atoms with Crippen LogP contribution >= 0.6 is 12.2 Å². The van der Waals surface area contributed by atoms with Gasteiger partial charge in [0.2, 0.25) is 0 Å². The molecular weight excluding hydrogens is 280 g/mol. The van der Waals surface area contributed by atoms with Crippen molar-refractivity contribution in [1.29, 1.82) is 0 Å². The third-order valence-corrected chi connectivity index (χ3v) is 4.64. The summed E-state index contributed by atoms with van der Waals surface area (Å²) in [6.45, 7) is 4.48. The van der Waals surface area contributed by atoms with Gasteiger partial charge in [-0.2, -0.15) is 0 Å². The van der Waals surface area contributed by atoms with Crippen LogP contribution in [-0.2, 0) is 0 Å². The summed E-state index contributed by atoms with van der Waals surface area (Å²) < 4.78 is 0. The van der Waals surface area contributed by atoms with Crippen LogP contribution in [0.4, 0.5) is 0 Å². The van der Waals surface area contributed by atoms with Crippen LogP contribution < -0.4 is 11.1 Å². The first kappa shape index (κ1) is 16.0. The van der Waals surface area contributed by atoms with Crippen molar-refractivity contribution in [3.63, 3.8) is 0 Å². The second-order valence-corrected chi connectivity index (χ2v) is 6.66. The quantitative estimate of drug-likeness (QED) is 0.839. The lowest BCUT2D eigenvalue weighted by Gasteiger charge is -2.34. The topological polar surface area (TPSA) is 55.1 Å². The summed E-state index contributed by atoms with van der Waals surface area (Å²) in [7, 11) is 0. The van der Waals surface area contributed by atoms with Crippen LogP contribution in [0.3, 0.4) is 0 Å². The summed E-state index contributed by atoms with van der Waals surface area (Å²) in [5, 5.41) is 3.21. The summed E-state index contributed by atoms with van der Waals surface area (Å²) in [5.41, 5.74) is 7.00. The highest BCUT2D eigenvalue weighted by Crippen LogP contribution is 2.30. The molecule has 0 radical (unpaired) electrons. The van der Waals surface area contributed by atoms with Gasteiger partial charge in [0.15, 0.2) is 0 Å². The molecule has 0 heterocycles. The molecule has 0 aliphatic heterocycles. The van der Waals surface area contributed by atoms with E-state index >= 15 is 0 Å². The summed E-state index contributed by atoms with van der Waals surface area (Å²) in [4.78, 5) is 12.8. The minimum absolute atomic E-state index is 0.0225. The number of nitrogens with two attached hydrogens (primary N) is 1. The molecule has 1 amide bonds. The van der Waals surface area contributed by atoms with Crippen molar-refractivity contribution >= 4 is 23.1 Å². The first-order chi connectivity index (χ1) is 9.99. The maximum Gasteiger partial charge on any atom is 0.251 e. The fraction of sp³-hybridized carbons (Fsp3) is 0.529. The molecule has 1 aromatic carbocycles. The zero-order chi connectivity index (χ0) is 15.4. The second-order valence-electron chi connectivity index (χ2n) is 6.22. The van der Waals surface area contributed by atoms with E-state index in [1.807, 2.05) is 18.2 Å². The molecule has 1 aliphatic rings. The summed E-state index contributed by atoms with van der Waals surface area (Å²) in [5.74, 6) is 1.14. The Morgan fingerprint density at radius 3 is 2.62 bits per heavy atom. The van der Waals surface area contributed by atoms with Gasteiger partial charge in [0.05, 0.1) is 0 Å². The van der Waals surface area contributed by atoms with Crippen LogP contribution in [0.15, 0.2) is 24.3 Å². The normalized spacial score (nSPS) is 22.0. The fourth-order valence-electron chi connectivity index (χ4n) is 3.20. The highest BCUT2D eigenvalue weighted by molar-refractivity contribution is 7.80. The molecule has 0 saturated heterocycles. The first-order valence-electron chi connectivity index (χ1n) is 7.69. The molecule has 1 saturated carbocycles. The molecule has 3 N–H and O–H groups in total. The Balaban J connectivity index is 2.09. The van der Waals surface area contributed by atoms with Crippen molar-refractivity contribution < 1.29 is 4.79 Å². The van der Waals surface area contributed by atoms with Gasteiger partial charge in [0.25, 0.3) is 5.91 Å². The Hall–Kier alpha value is -1.42. The van der Waals surface area contributed by atoms with Crippen molar-refractivity contribution in [1.82, 2.24) is 5.32 Å². The number of carbonyl (C=O) groups is 1. The Bertz CT molecular complexity index is 527. The third-order valence-electron chi connectivity index (χ3n) is 4.40. The summed E-state index contributed by atoms with van der Waals surface area (Å²) in [6.07, 6.45) is 4.74. The highest BCUT2D eigenvalue weighted by atomic mass is 32.1. The monoisotopic (exact) mass is 304 g/mol. The first-order valence-corrected chi connectivity index (χ1v) is 8.10. The van der Waals surface area contributed by atoms with E-state index in [4.69, 9.17) is 18.0 Å². The van der Waals surface area contributed by atoms with Crippen molar-refractivity contribution in [2.45, 2.75) is 45.6 Å². The average molecular weight is 304 g/mol. The SMILES string of the molecule is CC(C)C1CCCCC1NC(=O)c1cccc(C(N)=S)c1. The highest BCUT2D eigenvalue weighted by Gasteiger charge is 2.28. The van der Waals surface area contributed by atoms with Gasteiger partial charge in [-0.15, -0.1) is 0 Å². The van der Waals surface area contributed by atoms with Crippen LogP contribution in [0.25, 0.3) is 0 Å². The molecule has 0 aromatic heterocycles. The minimum Gasteiger partial charge on any atom is -0.389 e. The molecule has 21 heavy (non-hydrogen) atoms. The number of thiocarbonyl (C=S) groups is 1. The largest absolute Gasteiger partial charge is 0.389 e. The Morgan fingerprint density at radius 2 is 1.95 bits per heavy atom. The van der Waals surface area contributed by atoms with Gasteiger partial charge in [0, 0.05) is 17.2 Å². The third kappa shape index (κ3) is 4.03. The van der Waals surface area contributed by atoms with Crippen LogP contribution in [0.5, 0.6) is 0 Å². The van der Waals surface area contributed by atoms with Gasteiger partial charge in [-0.05, 0) is 36.8 Å². The number of carbonyl (C=O) groups excluding carboxylic acids is 1. The van der Waals surface area contributed by atoms with Gasteiger partial charge in [-0.3, -0.25) is 4.79 Å². The number of hydrogen-bond donors (Lipinski definition) is 2. The molecule has 1 aromatic rings. The predicted molar refractivity (Wildman–Crippen MR) is 90.4 cm³/mol. The van der Waals surface area contributed by atoms with E-state index in [2.05, 4.69) is 19.2 Å². The number of rotatable bonds is 4. The number of benzene rings is 1. The van der Waals surface area contributed by atoms with Crippen molar-refractivity contribution in [3.05, 3.63) is 35.4 Å². The van der Waals surface area contributed by atoms with E-state index in [1.54, 1.807) is 6.07 Å². The maximum absolute atomic E-state index is 12.5. The Kier molecular flexibility index (Phi) is 5.34. The molecule has 0 spiro atoms. The molecule has 1 fully saturated rings. The summed E-state index contributed by atoms with van der Waals surface area (Å²) >= 11 is 4.97. The van der Waals surface area contributed by atoms with E-state index in [0.717, 1.165) is 12.0 Å². The molecule has 3 nitrogen and oxygen atoms in total. The Labute approximate surface area is 132 Å². The standard InChI is InChI=1S/C17H24N2OS/c1-11(2)14-8-3-4-9-15(14)19-17(20)13-7-5-6-12(10-13)16(18)21/h5-7,10-11,14-15H,3-4,8-9H2,1-2H3,(H2,18,21)(H,19,20). The van der Waals surface area contributed by atoms with Gasteiger partial charge in [0.1, 0.15) is 4.99 Å². The molecule has 2 unspecified atom stereocenters. The molecule has 114 valence electrons. The molecule has 2 rings (SSSR count). The van der Waals surface area contributed by atoms with Crippen LogP contribution in [0.2, 0.25) is 0 Å². The molecule has 0 bridgehead atoms. The smallest absolute Gasteiger partial charge is 0.251 e. The second kappa shape index (κ2) is 7.03. The molecule has 2 atom stereocenters. The van der Waals surface area contributed by atoms with E-state index in [1.165, 1.54) is 19.3 Å². The molecule has 4 heteroatoms. The fourth-order valence-corrected chi connectivity index (χ4v) is 3.33. The molecular formula is C17H24N2OS. The van der Waals surface area contributed by atoms with Gasteiger partial charge >= 0.3 is 0 Å². The van der Waals surface area contributed by atoms with Crippen LogP contribution in [0.1, 0.15) is 55.5 Å². The number of amides is 1. The van der Waals surface area contributed by atoms with Crippen molar-refractivity contribution in [2.24, 2.45) is 17.6 Å². The van der Waals surface area contributed by atoms with Crippen molar-refractivity contribution in [3.8, 4) is 0 Å². The van der Waals surface area contributed by atoms with Gasteiger partial charge in [-0.25, -0.2) is 0 Å². The van der Waals surface area contributed by atoms with Gasteiger partial charge < -0.3 is 11.1 Å². The minimum atomic E-state index is -0.0225. The van der Waals surface area contributed by atoms with E-state index in [-0.39, 0.29) is 11.9 Å². The summed E-state index contributed by atoms with van der Waals surface area (Å²) in [6, 6.07) is 7.51. The average Bonchev–Trinajstić information content (AvgIpc) is 2.47. The molecule has 1 aliphatic carbocycles. The number of nitrogens with one attached hydrogen (secondary N) is 1. The van der Waals surface area contributed by atoms with E-state index in [0.29, 0.717) is 22.4 Å². The Morgan fingerprint density at radius 1 is 1.29 bits per heavy atom. The van der Waals surface area contributed by atoms with Crippen LogP contribution in [-0.4, -0.2) is 16.9 Å². The number of hydrogen-bond acceptors (Lipinski definition) is 2. The van der Waals surface area contributed by atoms with Crippen LogP contribution in [0, 0.1) is 11.8 Å². The van der Waals surface area contributed by atoms with E-state index < -0.39 is 0 Å². The zero-order valence-electron chi connectivity index (χ0n) is 12.8. The predicted octanol–water partition coefficient (Wildman–Crippen LogP) is 3.27. The lowest BCUT2D eigenvalue weighted by atomic mass is 9.78. The van der Waals surface area contributed by atoms with Crippen molar-refractivity contribution in [2.75, 3.05) is 0 Å². The van der Waals surface area contributed by atoms with Gasteiger partial charge in [-0.1, -0.05) is 51.0 Å². The lowest BCUT2D eigenvalue weighted by Crippen LogP contribution is -2.44. The lowest BCUT2D eigenvalue weighted by molar-refractivity contribution is 0.0889.